The van der Waals surface area contributed by atoms with Crippen LogP contribution < -0.4 is 0 Å². The molecule has 6 rings (SSSR count). The fourth-order valence-electron chi connectivity index (χ4n) is 4.82. The molecule has 0 saturated carbocycles. The Bertz CT molecular complexity index is 2040. The zero-order chi connectivity index (χ0) is 62.9. The molecule has 444 valence electrons. The normalized spacial score (nSPS) is 10.3. The second-order valence-electron chi connectivity index (χ2n) is 22.9. The van der Waals surface area contributed by atoms with Crippen LogP contribution in [-0.4, -0.2) is 60.3 Å². The van der Waals surface area contributed by atoms with Crippen LogP contribution in [0.2, 0.25) is 0 Å². The van der Waals surface area contributed by atoms with Crippen molar-refractivity contribution in [2.75, 3.05) is 0 Å². The minimum absolute atomic E-state index is 0.0615. The molecule has 78 heavy (non-hydrogen) atoms. The second-order valence-corrected chi connectivity index (χ2v) is 22.9. The first-order chi connectivity index (χ1) is 36.0. The van der Waals surface area contributed by atoms with Gasteiger partial charge in [0, 0.05) is 81.6 Å². The first-order valence-corrected chi connectivity index (χ1v) is 28.8. The molecule has 0 atom stereocenters. The second kappa shape index (κ2) is 43.4. The van der Waals surface area contributed by atoms with E-state index in [1.165, 1.54) is 5.56 Å². The molecular formula is C66H120N12. The van der Waals surface area contributed by atoms with Gasteiger partial charge < -0.3 is 0 Å². The monoisotopic (exact) mass is 1080 g/mol. The molecule has 0 saturated heterocycles. The van der Waals surface area contributed by atoms with Gasteiger partial charge in [-0.05, 0) is 76.9 Å². The Kier molecular flexibility index (Phi) is 46.6. The molecule has 0 radical (unpaired) electrons. The zero-order valence-corrected chi connectivity index (χ0v) is 57.3. The van der Waals surface area contributed by atoms with E-state index >= 15 is 0 Å². The van der Waals surface area contributed by atoms with Gasteiger partial charge in [0.25, 0.3) is 0 Å². The van der Waals surface area contributed by atoms with Gasteiger partial charge in [0.15, 0.2) is 0 Å². The highest BCUT2D eigenvalue weighted by Gasteiger charge is 2.19. The van der Waals surface area contributed by atoms with Gasteiger partial charge in [-0.1, -0.05) is 208 Å². The van der Waals surface area contributed by atoms with E-state index in [-0.39, 0.29) is 32.5 Å². The van der Waals surface area contributed by atoms with Crippen molar-refractivity contribution in [3.05, 3.63) is 142 Å². The zero-order valence-electron chi connectivity index (χ0n) is 57.3. The molecule has 12 heteroatoms. The first-order valence-electron chi connectivity index (χ1n) is 28.8. The summed E-state index contributed by atoms with van der Waals surface area (Å²) in [4.78, 5) is 34.0. The average Bonchev–Trinajstić information content (AvgIpc) is 3.37. The summed E-state index contributed by atoms with van der Waals surface area (Å²) in [5.41, 5.74) is 11.0. The standard InChI is InChI=1S/6C9H14N2.6C2H6/c1-7-5-11-8(6-10-7)9(2,3)4;1-7-5-10-6-8(11-7)9(2,3)4;1-7-5-10-8(11-6-7)9(2,3)4;1-7-5-8(9(2,3)4)11-10-6-7;1-7-5-6-10-8(11-7)9(2,3)4;1-7-5-6-8(11-10-7)9(2,3)4;6*1-2/h6*5-6H,1-4H3;6*1-2H3. The van der Waals surface area contributed by atoms with Crippen molar-refractivity contribution in [3.8, 4) is 0 Å². The van der Waals surface area contributed by atoms with E-state index in [1.54, 1.807) is 18.6 Å². The molecule has 0 spiro atoms. The van der Waals surface area contributed by atoms with Crippen LogP contribution in [0.5, 0.6) is 0 Å². The summed E-state index contributed by atoms with van der Waals surface area (Å²) < 4.78 is 0. The van der Waals surface area contributed by atoms with Crippen molar-refractivity contribution < 1.29 is 0 Å². The van der Waals surface area contributed by atoms with Gasteiger partial charge in [0.05, 0.1) is 46.1 Å². The number of aryl methyl sites for hydroxylation is 6. The van der Waals surface area contributed by atoms with Crippen LogP contribution in [0.15, 0.2) is 73.8 Å². The predicted octanol–water partition coefficient (Wildman–Crippen LogP) is 18.7. The minimum atomic E-state index is 0.0615. The molecule has 0 aliphatic heterocycles. The van der Waals surface area contributed by atoms with Crippen LogP contribution in [0.1, 0.15) is 276 Å². The Morgan fingerprint density at radius 2 is 0.744 bits per heavy atom. The van der Waals surface area contributed by atoms with Crippen LogP contribution >= 0.6 is 0 Å². The Morgan fingerprint density at radius 1 is 0.282 bits per heavy atom. The maximum Gasteiger partial charge on any atom is 0.133 e. The van der Waals surface area contributed by atoms with E-state index in [1.807, 2.05) is 174 Å². The SMILES string of the molecule is CC.CC.CC.CC.CC.CC.Cc1ccc(C(C)(C)C)nn1.Cc1ccnc(C(C)(C)C)n1.Cc1cnc(C(C)(C)C)cn1.Cc1cnc(C(C)(C)C)nc1.Cc1cncc(C(C)(C)C)n1.Cc1cnnc(C(C)(C)C)c1. The van der Waals surface area contributed by atoms with E-state index < -0.39 is 0 Å². The summed E-state index contributed by atoms with van der Waals surface area (Å²) >= 11 is 0. The van der Waals surface area contributed by atoms with Gasteiger partial charge in [-0.25, -0.2) is 19.9 Å². The molecule has 0 aliphatic carbocycles. The van der Waals surface area contributed by atoms with Gasteiger partial charge in [-0.2, -0.15) is 20.4 Å². The predicted molar refractivity (Wildman–Crippen MR) is 341 cm³/mol. The molecule has 0 aliphatic rings. The molecule has 6 heterocycles. The third-order valence-corrected chi connectivity index (χ3v) is 9.12. The molecule has 12 nitrogen and oxygen atoms in total. The summed E-state index contributed by atoms with van der Waals surface area (Å²) in [7, 11) is 0. The van der Waals surface area contributed by atoms with E-state index in [9.17, 15) is 0 Å². The number of rotatable bonds is 0. The van der Waals surface area contributed by atoms with Gasteiger partial charge in [0.2, 0.25) is 0 Å². The Labute approximate surface area is 482 Å². The highest BCUT2D eigenvalue weighted by atomic mass is 15.1. The van der Waals surface area contributed by atoms with Crippen molar-refractivity contribution in [2.45, 2.75) is 282 Å². The quantitative estimate of drug-likeness (QED) is 0.142. The lowest BCUT2D eigenvalue weighted by Gasteiger charge is -2.16. The van der Waals surface area contributed by atoms with Gasteiger partial charge >= 0.3 is 0 Å². The van der Waals surface area contributed by atoms with Crippen molar-refractivity contribution in [2.24, 2.45) is 0 Å². The maximum absolute atomic E-state index is 4.38. The highest BCUT2D eigenvalue weighted by Crippen LogP contribution is 2.22. The van der Waals surface area contributed by atoms with Crippen molar-refractivity contribution in [3.63, 3.8) is 0 Å². The van der Waals surface area contributed by atoms with E-state index in [4.69, 9.17) is 0 Å². The van der Waals surface area contributed by atoms with Crippen LogP contribution in [0.4, 0.5) is 0 Å². The van der Waals surface area contributed by atoms with Crippen LogP contribution in [-0.2, 0) is 32.5 Å². The Balaban J connectivity index is -0.000000192. The molecule has 0 aromatic carbocycles. The molecule has 0 fully saturated rings. The van der Waals surface area contributed by atoms with E-state index in [2.05, 4.69) is 191 Å². The summed E-state index contributed by atoms with van der Waals surface area (Å²) in [6.45, 7) is 74.1. The lowest BCUT2D eigenvalue weighted by atomic mass is 9.91. The van der Waals surface area contributed by atoms with Crippen LogP contribution in [0.25, 0.3) is 0 Å². The lowest BCUT2D eigenvalue weighted by Crippen LogP contribution is -2.15. The molecule has 6 aromatic rings. The molecule has 6 aromatic heterocycles. The number of aromatic nitrogens is 12. The van der Waals surface area contributed by atoms with Crippen LogP contribution in [0, 0.1) is 41.5 Å². The lowest BCUT2D eigenvalue weighted by molar-refractivity contribution is 0.543. The smallest absolute Gasteiger partial charge is 0.133 e. The molecule has 0 N–H and O–H groups in total. The average molecular weight is 1080 g/mol. The fraction of sp³-hybridized carbons (Fsp3) is 0.636. The highest BCUT2D eigenvalue weighted by molar-refractivity contribution is 5.17. The van der Waals surface area contributed by atoms with Crippen molar-refractivity contribution in [1.82, 2.24) is 60.3 Å². The van der Waals surface area contributed by atoms with Crippen LogP contribution in [0.3, 0.4) is 0 Å². The maximum atomic E-state index is 4.38. The fourth-order valence-corrected chi connectivity index (χ4v) is 4.82. The van der Waals surface area contributed by atoms with E-state index in [0.29, 0.717) is 0 Å². The summed E-state index contributed by atoms with van der Waals surface area (Å²) in [6, 6.07) is 8.01. The number of hydrogen-bond acceptors (Lipinski definition) is 12. The topological polar surface area (TPSA) is 155 Å². The minimum Gasteiger partial charge on any atom is -0.261 e. The first kappa shape index (κ1) is 83.8. The van der Waals surface area contributed by atoms with Gasteiger partial charge in [-0.15, -0.1) is 0 Å². The van der Waals surface area contributed by atoms with Gasteiger partial charge in [-0.3, -0.25) is 19.9 Å². The van der Waals surface area contributed by atoms with E-state index in [0.717, 1.165) is 62.8 Å². The number of hydrogen-bond donors (Lipinski definition) is 0. The number of nitrogens with zero attached hydrogens (tertiary/aromatic N) is 12. The Morgan fingerprint density at radius 3 is 1.05 bits per heavy atom. The van der Waals surface area contributed by atoms with Crippen molar-refractivity contribution >= 4 is 0 Å². The largest absolute Gasteiger partial charge is 0.261 e. The summed E-state index contributed by atoms with van der Waals surface area (Å²) in [6.07, 6.45) is 14.5. The third-order valence-electron chi connectivity index (χ3n) is 9.12. The molecular weight excluding hydrogens is 961 g/mol. The third kappa shape index (κ3) is 41.6. The van der Waals surface area contributed by atoms with Crippen molar-refractivity contribution in [1.29, 1.82) is 0 Å². The summed E-state index contributed by atoms with van der Waals surface area (Å²) in [5.74, 6) is 1.82. The summed E-state index contributed by atoms with van der Waals surface area (Å²) in [5, 5.41) is 16.1. The Hall–Kier alpha value is -5.52. The molecule has 0 amide bonds. The van der Waals surface area contributed by atoms with Gasteiger partial charge in [0.1, 0.15) is 11.6 Å². The molecule has 0 unspecified atom stereocenters. The molecule has 0 bridgehead atoms.